The van der Waals surface area contributed by atoms with E-state index < -0.39 is 0 Å². The molecule has 72 valence electrons. The van der Waals surface area contributed by atoms with Gasteiger partial charge in [0, 0.05) is 13.5 Å². The van der Waals surface area contributed by atoms with Gasteiger partial charge in [-0.15, -0.1) is 0 Å². The standard InChI is InChI=1S/C8H13N3O2/c1-3-4-7(12)5-11-8(13)10(2)6-9-11/h6H,3-5H2,1-2H3. The van der Waals surface area contributed by atoms with E-state index in [4.69, 9.17) is 0 Å². The molecule has 0 aromatic carbocycles. The number of hydrogen-bond acceptors (Lipinski definition) is 3. The van der Waals surface area contributed by atoms with Crippen LogP contribution < -0.4 is 5.69 Å². The molecule has 0 atom stereocenters. The zero-order valence-electron chi connectivity index (χ0n) is 7.86. The lowest BCUT2D eigenvalue weighted by molar-refractivity contribution is -0.119. The Bertz CT molecular complexity index is 351. The highest BCUT2D eigenvalue weighted by atomic mass is 16.2. The van der Waals surface area contributed by atoms with Gasteiger partial charge in [-0.1, -0.05) is 6.92 Å². The molecule has 1 aromatic heterocycles. The lowest BCUT2D eigenvalue weighted by atomic mass is 10.2. The maximum atomic E-state index is 11.2. The predicted molar refractivity (Wildman–Crippen MR) is 47.4 cm³/mol. The Morgan fingerprint density at radius 2 is 2.31 bits per heavy atom. The van der Waals surface area contributed by atoms with Gasteiger partial charge < -0.3 is 0 Å². The summed E-state index contributed by atoms with van der Waals surface area (Å²) in [7, 11) is 1.61. The Morgan fingerprint density at radius 1 is 1.62 bits per heavy atom. The normalized spacial score (nSPS) is 10.3. The second kappa shape index (κ2) is 4.02. The minimum atomic E-state index is -0.246. The maximum absolute atomic E-state index is 11.2. The smallest absolute Gasteiger partial charge is 0.298 e. The van der Waals surface area contributed by atoms with E-state index in [2.05, 4.69) is 5.10 Å². The SMILES string of the molecule is CCCC(=O)Cn1ncn(C)c1=O. The van der Waals surface area contributed by atoms with Crippen molar-refractivity contribution in [3.05, 3.63) is 16.8 Å². The van der Waals surface area contributed by atoms with Gasteiger partial charge in [-0.25, -0.2) is 9.48 Å². The molecular formula is C8H13N3O2. The molecule has 0 N–H and O–H groups in total. The molecule has 5 heteroatoms. The molecule has 0 unspecified atom stereocenters. The van der Waals surface area contributed by atoms with Crippen molar-refractivity contribution in [1.82, 2.24) is 14.3 Å². The fourth-order valence-electron chi connectivity index (χ4n) is 1.05. The fourth-order valence-corrected chi connectivity index (χ4v) is 1.05. The number of hydrogen-bond donors (Lipinski definition) is 0. The number of Topliss-reactive ketones (excluding diaryl/α,β-unsaturated/α-hetero) is 1. The quantitative estimate of drug-likeness (QED) is 0.657. The van der Waals surface area contributed by atoms with Crippen LogP contribution in [0, 0.1) is 0 Å². The van der Waals surface area contributed by atoms with Crippen LogP contribution in [0.1, 0.15) is 19.8 Å². The minimum Gasteiger partial charge on any atom is -0.298 e. The van der Waals surface area contributed by atoms with Gasteiger partial charge in [-0.2, -0.15) is 5.10 Å². The third-order valence-electron chi connectivity index (χ3n) is 1.74. The van der Waals surface area contributed by atoms with Crippen molar-refractivity contribution in [2.24, 2.45) is 7.05 Å². The Morgan fingerprint density at radius 3 is 2.77 bits per heavy atom. The number of aromatic nitrogens is 3. The highest BCUT2D eigenvalue weighted by molar-refractivity contribution is 5.77. The molecule has 0 saturated heterocycles. The molecule has 0 fully saturated rings. The number of carbonyl (C=O) groups excluding carboxylic acids is 1. The molecule has 0 aliphatic carbocycles. The Hall–Kier alpha value is -1.39. The Kier molecular flexibility index (Phi) is 3.00. The molecule has 0 radical (unpaired) electrons. The third-order valence-corrected chi connectivity index (χ3v) is 1.74. The van der Waals surface area contributed by atoms with Crippen LogP contribution in [0.2, 0.25) is 0 Å². The second-order valence-corrected chi connectivity index (χ2v) is 2.97. The largest absolute Gasteiger partial charge is 0.345 e. The first-order valence-electron chi connectivity index (χ1n) is 4.25. The molecule has 1 aromatic rings. The number of aryl methyl sites for hydroxylation is 1. The highest BCUT2D eigenvalue weighted by Crippen LogP contribution is 1.90. The van der Waals surface area contributed by atoms with Crippen molar-refractivity contribution in [2.75, 3.05) is 0 Å². The summed E-state index contributed by atoms with van der Waals surface area (Å²) >= 11 is 0. The van der Waals surface area contributed by atoms with Crippen LogP contribution in [0.3, 0.4) is 0 Å². The summed E-state index contributed by atoms with van der Waals surface area (Å²) in [6.45, 7) is 2.02. The van der Waals surface area contributed by atoms with Gasteiger partial charge in [0.05, 0.1) is 0 Å². The van der Waals surface area contributed by atoms with Gasteiger partial charge in [-0.3, -0.25) is 9.36 Å². The van der Waals surface area contributed by atoms with Crippen LogP contribution in [0.15, 0.2) is 11.1 Å². The van der Waals surface area contributed by atoms with Crippen LogP contribution in [-0.2, 0) is 18.4 Å². The van der Waals surface area contributed by atoms with Crippen LogP contribution in [0.5, 0.6) is 0 Å². The fraction of sp³-hybridized carbons (Fsp3) is 0.625. The van der Waals surface area contributed by atoms with Gasteiger partial charge in [0.2, 0.25) is 0 Å². The molecule has 0 aliphatic rings. The summed E-state index contributed by atoms with van der Waals surface area (Å²) < 4.78 is 2.53. The molecule has 0 amide bonds. The zero-order chi connectivity index (χ0) is 9.84. The molecule has 0 saturated carbocycles. The first kappa shape index (κ1) is 9.70. The third kappa shape index (κ3) is 2.27. The van der Waals surface area contributed by atoms with Gasteiger partial charge in [0.1, 0.15) is 12.9 Å². The predicted octanol–water partition coefficient (Wildman–Crippen LogP) is -0.0490. The zero-order valence-corrected chi connectivity index (χ0v) is 7.86. The topological polar surface area (TPSA) is 56.9 Å². The van der Waals surface area contributed by atoms with Gasteiger partial charge in [-0.05, 0) is 6.42 Å². The summed E-state index contributed by atoms with van der Waals surface area (Å²) in [5, 5.41) is 3.78. The first-order chi connectivity index (χ1) is 6.15. The van der Waals surface area contributed by atoms with Crippen LogP contribution in [0.25, 0.3) is 0 Å². The average molecular weight is 183 g/mol. The minimum absolute atomic E-state index is 0.0447. The van der Waals surface area contributed by atoms with E-state index in [1.165, 1.54) is 15.6 Å². The van der Waals surface area contributed by atoms with Crippen LogP contribution in [-0.4, -0.2) is 20.1 Å². The van der Waals surface area contributed by atoms with E-state index in [-0.39, 0.29) is 18.0 Å². The summed E-state index contributed by atoms with van der Waals surface area (Å²) in [4.78, 5) is 22.4. The van der Waals surface area contributed by atoms with Crippen LogP contribution >= 0.6 is 0 Å². The van der Waals surface area contributed by atoms with Gasteiger partial charge >= 0.3 is 5.69 Å². The number of rotatable bonds is 4. The summed E-state index contributed by atoms with van der Waals surface area (Å²) in [6.07, 6.45) is 2.71. The highest BCUT2D eigenvalue weighted by Gasteiger charge is 2.06. The summed E-state index contributed by atoms with van der Waals surface area (Å²) in [5.41, 5.74) is -0.246. The lowest BCUT2D eigenvalue weighted by Gasteiger charge is -1.96. The second-order valence-electron chi connectivity index (χ2n) is 2.97. The number of nitrogens with zero attached hydrogens (tertiary/aromatic N) is 3. The Labute approximate surface area is 76.0 Å². The first-order valence-corrected chi connectivity index (χ1v) is 4.25. The van der Waals surface area contributed by atoms with Crippen LogP contribution in [0.4, 0.5) is 0 Å². The molecule has 1 rings (SSSR count). The van der Waals surface area contributed by atoms with Crippen molar-refractivity contribution in [2.45, 2.75) is 26.3 Å². The molecule has 0 bridgehead atoms. The van der Waals surface area contributed by atoms with Gasteiger partial charge in [0.25, 0.3) is 0 Å². The van der Waals surface area contributed by atoms with Crippen molar-refractivity contribution < 1.29 is 4.79 Å². The molecule has 1 heterocycles. The summed E-state index contributed by atoms with van der Waals surface area (Å²) in [5.74, 6) is 0.0447. The number of carbonyl (C=O) groups is 1. The molecule has 0 spiro atoms. The maximum Gasteiger partial charge on any atom is 0.345 e. The Balaban J connectivity index is 2.69. The van der Waals surface area contributed by atoms with Crippen molar-refractivity contribution in [3.8, 4) is 0 Å². The molecule has 13 heavy (non-hydrogen) atoms. The average Bonchev–Trinajstić information content (AvgIpc) is 2.37. The van der Waals surface area contributed by atoms with Crippen molar-refractivity contribution >= 4 is 5.78 Å². The molecule has 5 nitrogen and oxygen atoms in total. The molecule has 0 aliphatic heterocycles. The molecular weight excluding hydrogens is 170 g/mol. The van der Waals surface area contributed by atoms with Crippen molar-refractivity contribution in [1.29, 1.82) is 0 Å². The van der Waals surface area contributed by atoms with E-state index in [1.54, 1.807) is 7.05 Å². The van der Waals surface area contributed by atoms with Crippen molar-refractivity contribution in [3.63, 3.8) is 0 Å². The van der Waals surface area contributed by atoms with E-state index >= 15 is 0 Å². The van der Waals surface area contributed by atoms with E-state index in [0.29, 0.717) is 6.42 Å². The van der Waals surface area contributed by atoms with E-state index in [1.807, 2.05) is 6.92 Å². The van der Waals surface area contributed by atoms with E-state index in [0.717, 1.165) is 6.42 Å². The number of ketones is 1. The van der Waals surface area contributed by atoms with E-state index in [9.17, 15) is 9.59 Å². The monoisotopic (exact) mass is 183 g/mol. The summed E-state index contributed by atoms with van der Waals surface area (Å²) in [6, 6.07) is 0. The lowest BCUT2D eigenvalue weighted by Crippen LogP contribution is -2.26. The van der Waals surface area contributed by atoms with Gasteiger partial charge in [0.15, 0.2) is 5.78 Å².